The third-order valence-corrected chi connectivity index (χ3v) is 9.26. The standard InChI is InChI=1S/C32H29ClF6N6O3Si/c1-29(2,3)49-48-30(4,5)28-23(24(43-47-28)20-8-6-7-9-21(20)33)27(46)25-26(22-15-40-10-11-41-22)45(44-42-25)16-17-12-18(31(34,35)36)14-19(13-17)32(37,38)39/h6-15H,16,49H2,1-5H3. The Morgan fingerprint density at radius 1 is 0.959 bits per heavy atom. The smallest absolute Gasteiger partial charge is 0.411 e. The van der Waals surface area contributed by atoms with Crippen LogP contribution in [-0.4, -0.2) is 45.7 Å². The zero-order valence-corrected chi connectivity index (χ0v) is 28.9. The molecule has 5 aromatic rings. The molecule has 0 aliphatic carbocycles. The minimum absolute atomic E-state index is 0.0202. The Morgan fingerprint density at radius 3 is 2.18 bits per heavy atom. The van der Waals surface area contributed by atoms with Crippen LogP contribution in [0.25, 0.3) is 22.6 Å². The number of ketones is 1. The normalized spacial score (nSPS) is 13.1. The highest BCUT2D eigenvalue weighted by Gasteiger charge is 2.40. The highest BCUT2D eigenvalue weighted by Crippen LogP contribution is 2.40. The summed E-state index contributed by atoms with van der Waals surface area (Å²) in [6, 6.07) is 7.77. The fourth-order valence-electron chi connectivity index (χ4n) is 4.86. The molecule has 3 aromatic heterocycles. The Morgan fingerprint density at radius 2 is 1.61 bits per heavy atom. The molecular formula is C32H29ClF6N6O3Si. The van der Waals surface area contributed by atoms with Crippen LogP contribution in [0.5, 0.6) is 0 Å². The molecule has 258 valence electrons. The third kappa shape index (κ3) is 7.92. The van der Waals surface area contributed by atoms with Crippen molar-refractivity contribution in [3.05, 3.63) is 99.8 Å². The van der Waals surface area contributed by atoms with Gasteiger partial charge in [-0.1, -0.05) is 60.9 Å². The second-order valence-corrected chi connectivity index (χ2v) is 16.0. The summed E-state index contributed by atoms with van der Waals surface area (Å²) in [4.78, 5) is 22.9. The van der Waals surface area contributed by atoms with Crippen LogP contribution in [0, 0.1) is 0 Å². The first-order chi connectivity index (χ1) is 22.8. The molecule has 0 saturated carbocycles. The van der Waals surface area contributed by atoms with Crippen molar-refractivity contribution in [3.63, 3.8) is 0 Å². The van der Waals surface area contributed by atoms with Crippen LogP contribution < -0.4 is 0 Å². The molecule has 49 heavy (non-hydrogen) atoms. The average Bonchev–Trinajstić information content (AvgIpc) is 3.65. The summed E-state index contributed by atoms with van der Waals surface area (Å²) in [5.41, 5.74) is -4.69. The van der Waals surface area contributed by atoms with Gasteiger partial charge in [-0.3, -0.25) is 14.8 Å². The van der Waals surface area contributed by atoms with Gasteiger partial charge >= 0.3 is 12.4 Å². The van der Waals surface area contributed by atoms with Gasteiger partial charge in [0.05, 0.1) is 34.5 Å². The third-order valence-electron chi connectivity index (χ3n) is 7.20. The number of hydrogen-bond acceptors (Lipinski definition) is 8. The van der Waals surface area contributed by atoms with Gasteiger partial charge in [0.1, 0.15) is 22.7 Å². The minimum Gasteiger partial charge on any atom is -0.411 e. The van der Waals surface area contributed by atoms with Crippen molar-refractivity contribution in [3.8, 4) is 22.6 Å². The van der Waals surface area contributed by atoms with E-state index in [0.717, 1.165) is 4.68 Å². The predicted molar refractivity (Wildman–Crippen MR) is 169 cm³/mol. The van der Waals surface area contributed by atoms with Crippen LogP contribution in [0.3, 0.4) is 0 Å². The second-order valence-electron chi connectivity index (χ2n) is 12.9. The molecule has 3 heterocycles. The van der Waals surface area contributed by atoms with Crippen molar-refractivity contribution < 1.29 is 40.1 Å². The lowest BCUT2D eigenvalue weighted by atomic mass is 9.93. The number of halogens is 7. The zero-order chi connectivity index (χ0) is 35.9. The lowest BCUT2D eigenvalue weighted by Gasteiger charge is -2.28. The maximum Gasteiger partial charge on any atom is 0.416 e. The molecule has 0 aliphatic heterocycles. The summed E-state index contributed by atoms with van der Waals surface area (Å²) in [5.74, 6) is -0.733. The Bertz CT molecular complexity index is 1960. The zero-order valence-electron chi connectivity index (χ0n) is 26.7. The van der Waals surface area contributed by atoms with Gasteiger partial charge in [-0.2, -0.15) is 26.3 Å². The van der Waals surface area contributed by atoms with Crippen LogP contribution in [0.15, 0.2) is 65.6 Å². The van der Waals surface area contributed by atoms with Crippen molar-refractivity contribution in [2.24, 2.45) is 0 Å². The molecule has 0 unspecified atom stereocenters. The van der Waals surface area contributed by atoms with E-state index in [2.05, 4.69) is 25.4 Å². The van der Waals surface area contributed by atoms with E-state index in [0.29, 0.717) is 17.7 Å². The van der Waals surface area contributed by atoms with Gasteiger partial charge in [0, 0.05) is 18.0 Å². The fraction of sp³-hybridized carbons (Fsp3) is 0.312. The molecule has 0 spiro atoms. The Kier molecular flexibility index (Phi) is 9.62. The number of alkyl halides is 6. The number of hydrogen-bond donors (Lipinski definition) is 0. The molecule has 0 bridgehead atoms. The largest absolute Gasteiger partial charge is 0.416 e. The van der Waals surface area contributed by atoms with Crippen LogP contribution in [0.1, 0.15) is 73.1 Å². The number of rotatable bonds is 9. The molecule has 17 heteroatoms. The average molecular weight is 723 g/mol. The van der Waals surface area contributed by atoms with E-state index in [9.17, 15) is 31.1 Å². The monoisotopic (exact) mass is 722 g/mol. The van der Waals surface area contributed by atoms with Crippen molar-refractivity contribution in [1.29, 1.82) is 0 Å². The molecule has 0 fully saturated rings. The quantitative estimate of drug-likeness (QED) is 0.0858. The van der Waals surface area contributed by atoms with E-state index in [4.69, 9.17) is 20.6 Å². The van der Waals surface area contributed by atoms with Crippen LogP contribution in [0.4, 0.5) is 26.3 Å². The van der Waals surface area contributed by atoms with Crippen LogP contribution in [0.2, 0.25) is 10.1 Å². The SMILES string of the molecule is CC(C)(C)[SiH2]OC(C)(C)c1onc(-c2ccccc2Cl)c1C(=O)c1nnn(Cc2cc(C(F)(F)F)cc(C(F)(F)F)c2)c1-c1cnccn1. The Labute approximate surface area is 283 Å². The van der Waals surface area contributed by atoms with E-state index in [1.54, 1.807) is 38.1 Å². The number of benzene rings is 2. The lowest BCUT2D eigenvalue weighted by Crippen LogP contribution is -2.29. The molecule has 9 nitrogen and oxygen atoms in total. The first-order valence-electron chi connectivity index (χ1n) is 14.7. The summed E-state index contributed by atoms with van der Waals surface area (Å²) in [7, 11) is -1.20. The Hall–Kier alpha value is -4.41. The van der Waals surface area contributed by atoms with Gasteiger partial charge < -0.3 is 8.95 Å². The molecule has 0 N–H and O–H groups in total. The van der Waals surface area contributed by atoms with Crippen molar-refractivity contribution in [1.82, 2.24) is 30.1 Å². The van der Waals surface area contributed by atoms with Gasteiger partial charge in [0.2, 0.25) is 5.78 Å². The first kappa shape index (κ1) is 35.9. The minimum atomic E-state index is -5.07. The summed E-state index contributed by atoms with van der Waals surface area (Å²) in [5, 5.41) is 12.4. The summed E-state index contributed by atoms with van der Waals surface area (Å²) in [6.45, 7) is 8.84. The summed E-state index contributed by atoms with van der Waals surface area (Å²) >= 11 is 6.51. The van der Waals surface area contributed by atoms with E-state index in [-0.39, 0.29) is 50.2 Å². The number of carbonyl (C=O) groups excluding carboxylic acids is 1. The topological polar surface area (TPSA) is 109 Å². The Balaban J connectivity index is 1.70. The molecule has 0 amide bonds. The van der Waals surface area contributed by atoms with Crippen LogP contribution in [-0.2, 0) is 28.9 Å². The maximum atomic E-state index is 14.7. The summed E-state index contributed by atoms with van der Waals surface area (Å²) < 4.78 is 95.0. The van der Waals surface area contributed by atoms with E-state index in [1.165, 1.54) is 18.6 Å². The maximum absolute atomic E-state index is 14.7. The number of nitrogens with zero attached hydrogens (tertiary/aromatic N) is 6. The summed E-state index contributed by atoms with van der Waals surface area (Å²) in [6.07, 6.45) is -6.25. The fourth-order valence-corrected chi connectivity index (χ4v) is 6.02. The van der Waals surface area contributed by atoms with Gasteiger partial charge in [0.15, 0.2) is 21.2 Å². The van der Waals surface area contributed by atoms with E-state index < -0.39 is 56.7 Å². The van der Waals surface area contributed by atoms with Gasteiger partial charge in [-0.15, -0.1) is 5.10 Å². The molecule has 0 aliphatic rings. The van der Waals surface area contributed by atoms with Crippen molar-refractivity contribution in [2.45, 2.75) is 64.2 Å². The van der Waals surface area contributed by atoms with Crippen molar-refractivity contribution in [2.75, 3.05) is 0 Å². The van der Waals surface area contributed by atoms with E-state index in [1.807, 2.05) is 20.8 Å². The predicted octanol–water partition coefficient (Wildman–Crippen LogP) is 7.91. The highest BCUT2D eigenvalue weighted by molar-refractivity contribution is 6.33. The molecule has 0 saturated heterocycles. The van der Waals surface area contributed by atoms with Gasteiger partial charge in [-0.05, 0) is 48.7 Å². The number of carbonyl (C=O) groups is 1. The van der Waals surface area contributed by atoms with Gasteiger partial charge in [-0.25, -0.2) is 4.68 Å². The molecule has 5 rings (SSSR count). The van der Waals surface area contributed by atoms with Crippen molar-refractivity contribution >= 4 is 27.1 Å². The number of aromatic nitrogens is 6. The lowest BCUT2D eigenvalue weighted by molar-refractivity contribution is -0.143. The van der Waals surface area contributed by atoms with Gasteiger partial charge in [0.25, 0.3) is 0 Å². The molecular weight excluding hydrogens is 694 g/mol. The second kappa shape index (κ2) is 13.1. The van der Waals surface area contributed by atoms with Crippen LogP contribution >= 0.6 is 11.6 Å². The first-order valence-corrected chi connectivity index (χ1v) is 16.3. The molecule has 0 atom stereocenters. The molecule has 2 aromatic carbocycles. The molecule has 0 radical (unpaired) electrons. The highest BCUT2D eigenvalue weighted by atomic mass is 35.5. The van der Waals surface area contributed by atoms with E-state index >= 15 is 0 Å².